The van der Waals surface area contributed by atoms with E-state index in [2.05, 4.69) is 27.3 Å². The second-order valence-corrected chi connectivity index (χ2v) is 6.82. The number of benzene rings is 2. The molecule has 0 saturated heterocycles. The lowest BCUT2D eigenvalue weighted by Crippen LogP contribution is -2.12. The minimum atomic E-state index is -3.67. The van der Waals surface area contributed by atoms with Crippen LogP contribution in [0.1, 0.15) is 11.1 Å². The van der Waals surface area contributed by atoms with Crippen molar-refractivity contribution in [2.75, 3.05) is 5.32 Å². The van der Waals surface area contributed by atoms with Crippen molar-refractivity contribution in [2.24, 2.45) is 5.14 Å². The second kappa shape index (κ2) is 6.26. The van der Waals surface area contributed by atoms with E-state index in [0.717, 1.165) is 15.7 Å². The molecule has 0 aliphatic heterocycles. The lowest BCUT2D eigenvalue weighted by Gasteiger charge is -2.09. The first-order valence-electron chi connectivity index (χ1n) is 5.95. The number of anilines is 1. The first kappa shape index (κ1) is 15.5. The minimum absolute atomic E-state index is 0.0765. The van der Waals surface area contributed by atoms with Crippen LogP contribution in [0, 0.1) is 11.3 Å². The predicted molar refractivity (Wildman–Crippen MR) is 84.0 cm³/mol. The van der Waals surface area contributed by atoms with Gasteiger partial charge in [-0.05, 0) is 35.9 Å². The van der Waals surface area contributed by atoms with Gasteiger partial charge in [-0.1, -0.05) is 28.1 Å². The van der Waals surface area contributed by atoms with Gasteiger partial charge in [-0.15, -0.1) is 0 Å². The standard InChI is InChI=1S/C14H12BrN3O2S/c15-12-3-6-14(11(7-12)8-16)18-9-10-1-4-13(5-2-10)21(17,19)20/h1-7,18H,9H2,(H2,17,19,20). The van der Waals surface area contributed by atoms with E-state index in [1.165, 1.54) is 12.1 Å². The van der Waals surface area contributed by atoms with Crippen molar-refractivity contribution in [1.29, 1.82) is 5.26 Å². The number of sulfonamides is 1. The van der Waals surface area contributed by atoms with Gasteiger partial charge >= 0.3 is 0 Å². The van der Waals surface area contributed by atoms with Crippen molar-refractivity contribution in [1.82, 2.24) is 0 Å². The molecule has 0 amide bonds. The van der Waals surface area contributed by atoms with E-state index >= 15 is 0 Å². The van der Waals surface area contributed by atoms with Gasteiger partial charge in [0.2, 0.25) is 10.0 Å². The highest BCUT2D eigenvalue weighted by Crippen LogP contribution is 2.21. The highest BCUT2D eigenvalue weighted by atomic mass is 79.9. The molecule has 5 nitrogen and oxygen atoms in total. The van der Waals surface area contributed by atoms with Crippen LogP contribution in [0.25, 0.3) is 0 Å². The maximum atomic E-state index is 11.2. The maximum Gasteiger partial charge on any atom is 0.238 e. The summed E-state index contributed by atoms with van der Waals surface area (Å²) < 4.78 is 23.2. The number of nitrogens with two attached hydrogens (primary N) is 1. The summed E-state index contributed by atoms with van der Waals surface area (Å²) in [6.45, 7) is 0.473. The Morgan fingerprint density at radius 1 is 1.19 bits per heavy atom. The van der Waals surface area contributed by atoms with Crippen LogP contribution in [-0.2, 0) is 16.6 Å². The SMILES string of the molecule is N#Cc1cc(Br)ccc1NCc1ccc(S(N)(=O)=O)cc1. The first-order valence-corrected chi connectivity index (χ1v) is 8.29. The second-order valence-electron chi connectivity index (χ2n) is 4.34. The van der Waals surface area contributed by atoms with Crippen molar-refractivity contribution in [3.63, 3.8) is 0 Å². The van der Waals surface area contributed by atoms with Crippen LogP contribution in [0.4, 0.5) is 5.69 Å². The highest BCUT2D eigenvalue weighted by Gasteiger charge is 2.07. The zero-order valence-corrected chi connectivity index (χ0v) is 13.3. The molecule has 0 aliphatic carbocycles. The van der Waals surface area contributed by atoms with Crippen molar-refractivity contribution >= 4 is 31.6 Å². The highest BCUT2D eigenvalue weighted by molar-refractivity contribution is 9.10. The molecule has 0 bridgehead atoms. The van der Waals surface area contributed by atoms with Crippen LogP contribution < -0.4 is 10.5 Å². The van der Waals surface area contributed by atoms with Gasteiger partial charge in [-0.25, -0.2) is 13.6 Å². The number of nitrogens with zero attached hydrogens (tertiary/aromatic N) is 1. The van der Waals surface area contributed by atoms with E-state index in [4.69, 9.17) is 10.4 Å². The zero-order chi connectivity index (χ0) is 15.5. The quantitative estimate of drug-likeness (QED) is 0.869. The third-order valence-electron chi connectivity index (χ3n) is 2.84. The number of hydrogen-bond acceptors (Lipinski definition) is 4. The van der Waals surface area contributed by atoms with Gasteiger partial charge in [-0.3, -0.25) is 0 Å². The van der Waals surface area contributed by atoms with Gasteiger partial charge in [0.05, 0.1) is 16.1 Å². The molecule has 0 aliphatic rings. The van der Waals surface area contributed by atoms with Gasteiger partial charge in [0.15, 0.2) is 0 Å². The third-order valence-corrected chi connectivity index (χ3v) is 4.26. The number of primary sulfonamides is 1. The molecule has 3 N–H and O–H groups in total. The van der Waals surface area contributed by atoms with E-state index in [-0.39, 0.29) is 4.90 Å². The van der Waals surface area contributed by atoms with Crippen LogP contribution >= 0.6 is 15.9 Å². The largest absolute Gasteiger partial charge is 0.380 e. The Hall–Kier alpha value is -1.88. The summed E-state index contributed by atoms with van der Waals surface area (Å²) in [4.78, 5) is 0.0765. The molecule has 0 saturated carbocycles. The Morgan fingerprint density at radius 2 is 1.86 bits per heavy atom. The van der Waals surface area contributed by atoms with Gasteiger partial charge in [-0.2, -0.15) is 5.26 Å². The van der Waals surface area contributed by atoms with Gasteiger partial charge in [0, 0.05) is 11.0 Å². The first-order chi connectivity index (χ1) is 9.90. The smallest absolute Gasteiger partial charge is 0.238 e. The fourth-order valence-electron chi connectivity index (χ4n) is 1.76. The monoisotopic (exact) mass is 365 g/mol. The molecule has 7 heteroatoms. The third kappa shape index (κ3) is 4.04. The summed E-state index contributed by atoms with van der Waals surface area (Å²) in [7, 11) is -3.67. The van der Waals surface area contributed by atoms with Crippen LogP contribution in [0.15, 0.2) is 51.8 Å². The van der Waals surface area contributed by atoms with Crippen molar-refractivity contribution in [3.8, 4) is 6.07 Å². The average Bonchev–Trinajstić information content (AvgIpc) is 2.45. The number of nitriles is 1. The summed E-state index contributed by atoms with van der Waals surface area (Å²) in [6, 6.07) is 13.8. The average molecular weight is 366 g/mol. The molecule has 0 radical (unpaired) electrons. The Kier molecular flexibility index (Phi) is 4.63. The number of rotatable bonds is 4. The van der Waals surface area contributed by atoms with E-state index in [9.17, 15) is 8.42 Å². The molecule has 0 fully saturated rings. The minimum Gasteiger partial charge on any atom is -0.380 e. The molecule has 0 aromatic heterocycles. The molecule has 2 aromatic rings. The Bertz CT molecular complexity index is 796. The summed E-state index contributed by atoms with van der Waals surface area (Å²) in [5, 5.41) is 17.3. The topological polar surface area (TPSA) is 96.0 Å². The van der Waals surface area contributed by atoms with Crippen molar-refractivity contribution < 1.29 is 8.42 Å². The summed E-state index contributed by atoms with van der Waals surface area (Å²) in [5.74, 6) is 0. The molecule has 2 aromatic carbocycles. The molecule has 0 atom stereocenters. The van der Waals surface area contributed by atoms with Crippen LogP contribution in [0.3, 0.4) is 0 Å². The lowest BCUT2D eigenvalue weighted by molar-refractivity contribution is 0.598. The molecule has 0 heterocycles. The van der Waals surface area contributed by atoms with Gasteiger partial charge in [0.25, 0.3) is 0 Å². The summed E-state index contributed by atoms with van der Waals surface area (Å²) >= 11 is 3.31. The molecule has 0 spiro atoms. The lowest BCUT2D eigenvalue weighted by atomic mass is 10.1. The fourth-order valence-corrected chi connectivity index (χ4v) is 2.63. The Labute approximate surface area is 131 Å². The van der Waals surface area contributed by atoms with E-state index < -0.39 is 10.0 Å². The predicted octanol–water partition coefficient (Wildman–Crippen LogP) is 2.58. The van der Waals surface area contributed by atoms with Crippen molar-refractivity contribution in [3.05, 3.63) is 58.1 Å². The Balaban J connectivity index is 2.12. The molecular formula is C14H12BrN3O2S. The zero-order valence-electron chi connectivity index (χ0n) is 10.9. The Morgan fingerprint density at radius 3 is 2.43 bits per heavy atom. The summed E-state index contributed by atoms with van der Waals surface area (Å²) in [6.07, 6.45) is 0. The van der Waals surface area contributed by atoms with E-state index in [0.29, 0.717) is 12.1 Å². The summed E-state index contributed by atoms with van der Waals surface area (Å²) in [5.41, 5.74) is 2.14. The van der Waals surface area contributed by atoms with E-state index in [1.807, 2.05) is 6.07 Å². The maximum absolute atomic E-state index is 11.2. The number of nitrogens with one attached hydrogen (secondary N) is 1. The van der Waals surface area contributed by atoms with E-state index in [1.54, 1.807) is 24.3 Å². The van der Waals surface area contributed by atoms with Gasteiger partial charge < -0.3 is 5.32 Å². The van der Waals surface area contributed by atoms with Gasteiger partial charge in [0.1, 0.15) is 6.07 Å². The molecule has 108 valence electrons. The normalized spacial score (nSPS) is 10.9. The molecule has 0 unspecified atom stereocenters. The fraction of sp³-hybridized carbons (Fsp3) is 0.0714. The van der Waals surface area contributed by atoms with Crippen LogP contribution in [-0.4, -0.2) is 8.42 Å². The number of halogens is 1. The van der Waals surface area contributed by atoms with Crippen LogP contribution in [0.2, 0.25) is 0 Å². The molecular weight excluding hydrogens is 354 g/mol. The van der Waals surface area contributed by atoms with Crippen LogP contribution in [0.5, 0.6) is 0 Å². The number of hydrogen-bond donors (Lipinski definition) is 2. The molecule has 2 rings (SSSR count). The molecule has 21 heavy (non-hydrogen) atoms. The van der Waals surface area contributed by atoms with Crippen molar-refractivity contribution in [2.45, 2.75) is 11.4 Å².